The Morgan fingerprint density at radius 2 is 2.00 bits per heavy atom. The Kier molecular flexibility index (Phi) is 4.21. The van der Waals surface area contributed by atoms with Crippen LogP contribution >= 0.6 is 0 Å². The minimum Gasteiger partial charge on any atom is -0.335 e. The standard InChI is InChI=1S/C11H17N5O3S/c1-20(18,19)16-6-4-15(5-7-16)11(17)10-8-9(14-12)2-3-13-10/h2-3,8H,4-7,12H2,1H3,(H,13,14). The molecule has 0 aromatic carbocycles. The number of carbonyl (C=O) groups is 1. The van der Waals surface area contributed by atoms with Gasteiger partial charge >= 0.3 is 0 Å². The summed E-state index contributed by atoms with van der Waals surface area (Å²) >= 11 is 0. The molecule has 1 saturated heterocycles. The molecule has 9 heteroatoms. The molecule has 0 atom stereocenters. The van der Waals surface area contributed by atoms with Gasteiger partial charge in [-0.05, 0) is 12.1 Å². The largest absolute Gasteiger partial charge is 0.335 e. The van der Waals surface area contributed by atoms with Crippen LogP contribution in [0.4, 0.5) is 5.69 Å². The lowest BCUT2D eigenvalue weighted by molar-refractivity contribution is 0.0692. The van der Waals surface area contributed by atoms with E-state index in [1.54, 1.807) is 17.0 Å². The number of sulfonamides is 1. The van der Waals surface area contributed by atoms with E-state index in [9.17, 15) is 13.2 Å². The van der Waals surface area contributed by atoms with Crippen molar-refractivity contribution < 1.29 is 13.2 Å². The zero-order valence-corrected chi connectivity index (χ0v) is 11.9. The highest BCUT2D eigenvalue weighted by Gasteiger charge is 2.27. The van der Waals surface area contributed by atoms with Crippen LogP contribution in [0, 0.1) is 0 Å². The summed E-state index contributed by atoms with van der Waals surface area (Å²) in [4.78, 5) is 17.9. The van der Waals surface area contributed by atoms with E-state index in [-0.39, 0.29) is 11.6 Å². The summed E-state index contributed by atoms with van der Waals surface area (Å²) in [6.07, 6.45) is 2.66. The second kappa shape index (κ2) is 5.73. The molecule has 3 N–H and O–H groups in total. The van der Waals surface area contributed by atoms with Crippen molar-refractivity contribution in [2.24, 2.45) is 5.84 Å². The maximum Gasteiger partial charge on any atom is 0.272 e. The third-order valence-electron chi connectivity index (χ3n) is 3.14. The number of nitrogens with two attached hydrogens (primary N) is 1. The fourth-order valence-corrected chi connectivity index (χ4v) is 2.85. The second-order valence-corrected chi connectivity index (χ2v) is 6.51. The molecule has 20 heavy (non-hydrogen) atoms. The van der Waals surface area contributed by atoms with Crippen LogP contribution in [0.15, 0.2) is 18.3 Å². The number of carbonyl (C=O) groups excluding carboxylic acids is 1. The Morgan fingerprint density at radius 3 is 2.55 bits per heavy atom. The number of hydrazine groups is 1. The van der Waals surface area contributed by atoms with Gasteiger partial charge in [0.25, 0.3) is 5.91 Å². The molecule has 1 aromatic heterocycles. The first-order valence-corrected chi connectivity index (χ1v) is 7.93. The van der Waals surface area contributed by atoms with Gasteiger partial charge in [-0.25, -0.2) is 8.42 Å². The number of hydrogen-bond acceptors (Lipinski definition) is 6. The van der Waals surface area contributed by atoms with Crippen LogP contribution in [0.25, 0.3) is 0 Å². The average Bonchev–Trinajstić information content (AvgIpc) is 2.46. The highest BCUT2D eigenvalue weighted by molar-refractivity contribution is 7.88. The Hall–Kier alpha value is -1.71. The quantitative estimate of drug-likeness (QED) is 0.552. The monoisotopic (exact) mass is 299 g/mol. The Labute approximate surface area is 117 Å². The Balaban J connectivity index is 2.05. The van der Waals surface area contributed by atoms with Crippen LogP contribution in [0.1, 0.15) is 10.5 Å². The predicted molar refractivity (Wildman–Crippen MR) is 74.4 cm³/mol. The van der Waals surface area contributed by atoms with Gasteiger partial charge < -0.3 is 10.3 Å². The zero-order valence-electron chi connectivity index (χ0n) is 11.1. The van der Waals surface area contributed by atoms with Crippen LogP contribution in [0.5, 0.6) is 0 Å². The molecule has 0 aliphatic carbocycles. The van der Waals surface area contributed by atoms with Gasteiger partial charge in [0, 0.05) is 32.4 Å². The molecular weight excluding hydrogens is 282 g/mol. The van der Waals surface area contributed by atoms with Crippen molar-refractivity contribution in [2.75, 3.05) is 37.9 Å². The Bertz CT molecular complexity index is 596. The molecule has 8 nitrogen and oxygen atoms in total. The third kappa shape index (κ3) is 3.24. The topological polar surface area (TPSA) is 109 Å². The number of pyridine rings is 1. The van der Waals surface area contributed by atoms with Gasteiger partial charge in [0.05, 0.1) is 11.9 Å². The molecule has 0 saturated carbocycles. The van der Waals surface area contributed by atoms with Crippen LogP contribution in [-0.4, -0.2) is 60.9 Å². The molecule has 1 amide bonds. The van der Waals surface area contributed by atoms with Crippen LogP contribution < -0.4 is 11.3 Å². The predicted octanol–water partition coefficient (Wildman–Crippen LogP) is -0.915. The van der Waals surface area contributed by atoms with Gasteiger partial charge in [0.15, 0.2) is 0 Å². The summed E-state index contributed by atoms with van der Waals surface area (Å²) in [6.45, 7) is 1.32. The van der Waals surface area contributed by atoms with E-state index in [4.69, 9.17) is 5.84 Å². The number of anilines is 1. The van der Waals surface area contributed by atoms with E-state index in [1.807, 2.05) is 0 Å². The van der Waals surface area contributed by atoms with Crippen LogP contribution in [-0.2, 0) is 10.0 Å². The van der Waals surface area contributed by atoms with Gasteiger partial charge in [-0.3, -0.25) is 15.6 Å². The fourth-order valence-electron chi connectivity index (χ4n) is 2.02. The van der Waals surface area contributed by atoms with Crippen LogP contribution in [0.2, 0.25) is 0 Å². The summed E-state index contributed by atoms with van der Waals surface area (Å²) in [5.41, 5.74) is 3.33. The van der Waals surface area contributed by atoms with Crippen molar-refractivity contribution >= 4 is 21.6 Å². The molecule has 0 spiro atoms. The van der Waals surface area contributed by atoms with Crippen molar-refractivity contribution in [3.05, 3.63) is 24.0 Å². The van der Waals surface area contributed by atoms with Crippen molar-refractivity contribution in [3.8, 4) is 0 Å². The van der Waals surface area contributed by atoms with Gasteiger partial charge in [0.2, 0.25) is 10.0 Å². The minimum atomic E-state index is -3.20. The molecule has 0 unspecified atom stereocenters. The van der Waals surface area contributed by atoms with Gasteiger partial charge in [0.1, 0.15) is 5.69 Å². The van der Waals surface area contributed by atoms with Gasteiger partial charge in [-0.1, -0.05) is 0 Å². The van der Waals surface area contributed by atoms with Gasteiger partial charge in [-0.15, -0.1) is 0 Å². The molecule has 1 fully saturated rings. The van der Waals surface area contributed by atoms with E-state index >= 15 is 0 Å². The van der Waals surface area contributed by atoms with Crippen molar-refractivity contribution in [1.29, 1.82) is 0 Å². The molecule has 2 rings (SSSR count). The third-order valence-corrected chi connectivity index (χ3v) is 4.44. The summed E-state index contributed by atoms with van der Waals surface area (Å²) in [7, 11) is -3.20. The molecule has 1 aliphatic rings. The molecule has 1 aliphatic heterocycles. The first kappa shape index (κ1) is 14.7. The lowest BCUT2D eigenvalue weighted by atomic mass is 10.2. The summed E-state index contributed by atoms with van der Waals surface area (Å²) < 4.78 is 24.2. The minimum absolute atomic E-state index is 0.227. The molecular formula is C11H17N5O3S. The number of nitrogen functional groups attached to an aromatic ring is 1. The smallest absolute Gasteiger partial charge is 0.272 e. The first-order valence-electron chi connectivity index (χ1n) is 6.09. The van der Waals surface area contributed by atoms with E-state index in [2.05, 4.69) is 10.4 Å². The maximum atomic E-state index is 12.3. The van der Waals surface area contributed by atoms with E-state index in [0.717, 1.165) is 0 Å². The summed E-state index contributed by atoms with van der Waals surface area (Å²) in [6, 6.07) is 3.21. The van der Waals surface area contributed by atoms with Crippen molar-refractivity contribution in [2.45, 2.75) is 0 Å². The molecule has 0 bridgehead atoms. The number of piperazine rings is 1. The molecule has 0 radical (unpaired) electrons. The molecule has 1 aromatic rings. The lowest BCUT2D eigenvalue weighted by Crippen LogP contribution is -2.50. The number of nitrogens with one attached hydrogen (secondary N) is 1. The summed E-state index contributed by atoms with van der Waals surface area (Å²) in [5.74, 6) is 5.06. The Morgan fingerprint density at radius 1 is 1.35 bits per heavy atom. The number of hydrogen-bond donors (Lipinski definition) is 2. The number of rotatable bonds is 3. The normalized spacial score (nSPS) is 17.0. The van der Waals surface area contributed by atoms with Crippen molar-refractivity contribution in [3.63, 3.8) is 0 Å². The SMILES string of the molecule is CS(=O)(=O)N1CCN(C(=O)c2cc(NN)ccn2)CC1. The molecule has 2 heterocycles. The second-order valence-electron chi connectivity index (χ2n) is 4.53. The van der Waals surface area contributed by atoms with Gasteiger partial charge in [-0.2, -0.15) is 4.31 Å². The zero-order chi connectivity index (χ0) is 14.8. The average molecular weight is 299 g/mol. The molecule has 110 valence electrons. The highest BCUT2D eigenvalue weighted by atomic mass is 32.2. The number of amides is 1. The number of nitrogens with zero attached hydrogens (tertiary/aromatic N) is 3. The summed E-state index contributed by atoms with van der Waals surface area (Å²) in [5, 5.41) is 0. The lowest BCUT2D eigenvalue weighted by Gasteiger charge is -2.33. The van der Waals surface area contributed by atoms with E-state index in [0.29, 0.717) is 31.9 Å². The fraction of sp³-hybridized carbons (Fsp3) is 0.455. The maximum absolute atomic E-state index is 12.3. The van der Waals surface area contributed by atoms with E-state index < -0.39 is 10.0 Å². The van der Waals surface area contributed by atoms with Crippen LogP contribution in [0.3, 0.4) is 0 Å². The number of aromatic nitrogens is 1. The van der Waals surface area contributed by atoms with Crippen molar-refractivity contribution in [1.82, 2.24) is 14.2 Å². The first-order chi connectivity index (χ1) is 9.41. The highest BCUT2D eigenvalue weighted by Crippen LogP contribution is 2.12. The van der Waals surface area contributed by atoms with E-state index in [1.165, 1.54) is 16.8 Å².